The number of rotatable bonds is 8. The molecule has 0 spiro atoms. The van der Waals surface area contributed by atoms with Crippen molar-refractivity contribution in [1.82, 2.24) is 9.21 Å². The molecule has 0 bridgehead atoms. The Morgan fingerprint density at radius 2 is 1.89 bits per heavy atom. The van der Waals surface area contributed by atoms with Gasteiger partial charge in [0, 0.05) is 30.4 Å². The van der Waals surface area contributed by atoms with Crippen molar-refractivity contribution in [3.05, 3.63) is 70.9 Å². The van der Waals surface area contributed by atoms with Crippen LogP contribution in [0.15, 0.2) is 60.5 Å². The predicted octanol–water partition coefficient (Wildman–Crippen LogP) is 3.50. The lowest BCUT2D eigenvalue weighted by Crippen LogP contribution is -2.44. The number of hydrogen-bond acceptors (Lipinski definition) is 4. The number of piperidine rings is 1. The summed E-state index contributed by atoms with van der Waals surface area (Å²) in [6.07, 6.45) is 2.86. The molecule has 5 nitrogen and oxygen atoms in total. The predicted molar refractivity (Wildman–Crippen MR) is 113 cm³/mol. The lowest BCUT2D eigenvalue weighted by Gasteiger charge is -2.33. The first kappa shape index (κ1) is 20.8. The van der Waals surface area contributed by atoms with Gasteiger partial charge in [-0.1, -0.05) is 42.5 Å². The number of carbonyl (C=O) groups excluding carboxylic acids is 1. The zero-order chi connectivity index (χ0) is 20.0. The van der Waals surface area contributed by atoms with Crippen LogP contribution < -0.4 is 0 Å². The summed E-state index contributed by atoms with van der Waals surface area (Å²) in [7, 11) is -3.36. The molecule has 28 heavy (non-hydrogen) atoms. The quantitative estimate of drug-likeness (QED) is 0.617. The van der Waals surface area contributed by atoms with E-state index in [9.17, 15) is 13.2 Å². The Bertz CT molecular complexity index is 872. The van der Waals surface area contributed by atoms with Crippen LogP contribution in [0.3, 0.4) is 0 Å². The minimum atomic E-state index is -3.36. The SMILES string of the molecule is C=CCN(Cc1cccs1)C(=O)C1CCN(S(=O)(=O)Cc2ccccc2)CC1. The van der Waals surface area contributed by atoms with Gasteiger partial charge in [-0.05, 0) is 29.9 Å². The smallest absolute Gasteiger partial charge is 0.226 e. The Hall–Kier alpha value is -1.96. The fraction of sp³-hybridized carbons (Fsp3) is 0.381. The molecule has 1 aromatic carbocycles. The highest BCUT2D eigenvalue weighted by molar-refractivity contribution is 7.88. The van der Waals surface area contributed by atoms with Crippen LogP contribution in [0.1, 0.15) is 23.3 Å². The van der Waals surface area contributed by atoms with Crippen molar-refractivity contribution in [2.75, 3.05) is 19.6 Å². The second-order valence-electron chi connectivity index (χ2n) is 7.00. The van der Waals surface area contributed by atoms with Crippen molar-refractivity contribution < 1.29 is 13.2 Å². The van der Waals surface area contributed by atoms with E-state index in [1.165, 1.54) is 4.31 Å². The Morgan fingerprint density at radius 1 is 1.18 bits per heavy atom. The van der Waals surface area contributed by atoms with Crippen molar-refractivity contribution in [3.63, 3.8) is 0 Å². The van der Waals surface area contributed by atoms with E-state index in [0.717, 1.165) is 10.4 Å². The van der Waals surface area contributed by atoms with Gasteiger partial charge in [0.1, 0.15) is 0 Å². The molecule has 0 saturated carbocycles. The molecule has 0 radical (unpaired) electrons. The van der Waals surface area contributed by atoms with Gasteiger partial charge in [-0.2, -0.15) is 0 Å². The van der Waals surface area contributed by atoms with Gasteiger partial charge in [-0.25, -0.2) is 12.7 Å². The van der Waals surface area contributed by atoms with Crippen LogP contribution in [-0.2, 0) is 27.1 Å². The molecular formula is C21H26N2O3S2. The van der Waals surface area contributed by atoms with Crippen LogP contribution in [0.2, 0.25) is 0 Å². The van der Waals surface area contributed by atoms with E-state index in [1.807, 2.05) is 52.7 Å². The lowest BCUT2D eigenvalue weighted by atomic mass is 9.96. The maximum atomic E-state index is 13.0. The zero-order valence-electron chi connectivity index (χ0n) is 15.9. The number of hydrogen-bond donors (Lipinski definition) is 0. The van der Waals surface area contributed by atoms with Gasteiger partial charge in [-0.3, -0.25) is 4.79 Å². The number of amides is 1. The average molecular weight is 419 g/mol. The summed E-state index contributed by atoms with van der Waals surface area (Å²) in [5.74, 6) is -0.0376. The molecule has 0 aliphatic carbocycles. The summed E-state index contributed by atoms with van der Waals surface area (Å²) < 4.78 is 26.9. The third-order valence-electron chi connectivity index (χ3n) is 4.98. The number of sulfonamides is 1. The molecule has 1 aliphatic heterocycles. The van der Waals surface area contributed by atoms with Gasteiger partial charge in [0.05, 0.1) is 12.3 Å². The highest BCUT2D eigenvalue weighted by Crippen LogP contribution is 2.24. The minimum absolute atomic E-state index is 0.00736. The van der Waals surface area contributed by atoms with E-state index < -0.39 is 10.0 Å². The molecule has 0 N–H and O–H groups in total. The summed E-state index contributed by atoms with van der Waals surface area (Å²) in [4.78, 5) is 15.9. The van der Waals surface area contributed by atoms with E-state index in [-0.39, 0.29) is 17.6 Å². The monoisotopic (exact) mass is 418 g/mol. The maximum absolute atomic E-state index is 13.0. The number of thiophene rings is 1. The van der Waals surface area contributed by atoms with Crippen LogP contribution in [0.5, 0.6) is 0 Å². The van der Waals surface area contributed by atoms with E-state index >= 15 is 0 Å². The molecule has 1 fully saturated rings. The average Bonchev–Trinajstić information content (AvgIpc) is 3.21. The van der Waals surface area contributed by atoms with Crippen molar-refractivity contribution in [1.29, 1.82) is 0 Å². The Balaban J connectivity index is 1.58. The van der Waals surface area contributed by atoms with Crippen LogP contribution in [0.4, 0.5) is 0 Å². The van der Waals surface area contributed by atoms with Gasteiger partial charge in [-0.15, -0.1) is 17.9 Å². The van der Waals surface area contributed by atoms with Crippen LogP contribution >= 0.6 is 11.3 Å². The van der Waals surface area contributed by atoms with E-state index in [4.69, 9.17) is 0 Å². The summed E-state index contributed by atoms with van der Waals surface area (Å²) in [6, 6.07) is 13.2. The van der Waals surface area contributed by atoms with Crippen molar-refractivity contribution in [3.8, 4) is 0 Å². The molecule has 2 heterocycles. The fourth-order valence-electron chi connectivity index (χ4n) is 3.49. The molecule has 0 atom stereocenters. The first-order valence-corrected chi connectivity index (χ1v) is 11.9. The summed E-state index contributed by atoms with van der Waals surface area (Å²) in [5.41, 5.74) is 0.786. The number of nitrogens with zero attached hydrogens (tertiary/aromatic N) is 2. The Kier molecular flexibility index (Phi) is 7.04. The van der Waals surface area contributed by atoms with E-state index in [1.54, 1.807) is 17.4 Å². The third kappa shape index (κ3) is 5.31. The summed E-state index contributed by atoms with van der Waals surface area (Å²) >= 11 is 1.63. The standard InChI is InChI=1S/C21H26N2O3S2/c1-2-12-22(16-20-9-6-15-27-20)21(24)19-10-13-23(14-11-19)28(25,26)17-18-7-4-3-5-8-18/h2-9,15,19H,1,10-14,16-17H2. The second kappa shape index (κ2) is 9.49. The largest absolute Gasteiger partial charge is 0.334 e. The van der Waals surface area contributed by atoms with Crippen molar-refractivity contribution in [2.45, 2.75) is 25.1 Å². The van der Waals surface area contributed by atoms with Crippen molar-refractivity contribution in [2.24, 2.45) is 5.92 Å². The van der Waals surface area contributed by atoms with E-state index in [0.29, 0.717) is 39.0 Å². The molecule has 2 aromatic rings. The van der Waals surface area contributed by atoms with Gasteiger partial charge in [0.2, 0.25) is 15.9 Å². The highest BCUT2D eigenvalue weighted by Gasteiger charge is 2.33. The first-order chi connectivity index (χ1) is 13.5. The molecule has 1 saturated heterocycles. The molecule has 1 amide bonds. The summed E-state index contributed by atoms with van der Waals surface area (Å²) in [5, 5.41) is 2.00. The van der Waals surface area contributed by atoms with Crippen LogP contribution in [-0.4, -0.2) is 43.2 Å². The minimum Gasteiger partial charge on any atom is -0.334 e. The van der Waals surface area contributed by atoms with E-state index in [2.05, 4.69) is 6.58 Å². The Morgan fingerprint density at radius 3 is 2.50 bits per heavy atom. The number of carbonyl (C=O) groups is 1. The van der Waals surface area contributed by atoms with Gasteiger partial charge in [0.25, 0.3) is 0 Å². The summed E-state index contributed by atoms with van der Waals surface area (Å²) in [6.45, 7) is 5.64. The first-order valence-electron chi connectivity index (χ1n) is 9.43. The topological polar surface area (TPSA) is 57.7 Å². The second-order valence-corrected chi connectivity index (χ2v) is 10.0. The normalized spacial score (nSPS) is 16.0. The highest BCUT2D eigenvalue weighted by atomic mass is 32.2. The zero-order valence-corrected chi connectivity index (χ0v) is 17.5. The molecule has 0 unspecified atom stereocenters. The van der Waals surface area contributed by atoms with Gasteiger partial charge < -0.3 is 4.90 Å². The van der Waals surface area contributed by atoms with Gasteiger partial charge >= 0.3 is 0 Å². The molecule has 3 rings (SSSR count). The third-order valence-corrected chi connectivity index (χ3v) is 7.69. The molecule has 1 aromatic heterocycles. The molecule has 7 heteroatoms. The van der Waals surface area contributed by atoms with Crippen molar-refractivity contribution >= 4 is 27.3 Å². The van der Waals surface area contributed by atoms with Crippen LogP contribution in [0, 0.1) is 5.92 Å². The number of benzene rings is 1. The Labute approximate surface area is 171 Å². The molecule has 150 valence electrons. The lowest BCUT2D eigenvalue weighted by molar-refractivity contribution is -0.136. The van der Waals surface area contributed by atoms with Gasteiger partial charge in [0.15, 0.2) is 0 Å². The molecular weight excluding hydrogens is 392 g/mol. The molecule has 1 aliphatic rings. The fourth-order valence-corrected chi connectivity index (χ4v) is 5.78. The van der Waals surface area contributed by atoms with Crippen LogP contribution in [0.25, 0.3) is 0 Å². The maximum Gasteiger partial charge on any atom is 0.226 e.